The molecule has 1 aromatic carbocycles. The zero-order chi connectivity index (χ0) is 10.7. The molecule has 0 aliphatic carbocycles. The van der Waals surface area contributed by atoms with Gasteiger partial charge in [-0.05, 0) is 30.4 Å². The van der Waals surface area contributed by atoms with E-state index in [4.69, 9.17) is 16.7 Å². The molecule has 6 heteroatoms. The second-order valence-corrected chi connectivity index (χ2v) is 2.98. The molecule has 0 spiro atoms. The van der Waals surface area contributed by atoms with E-state index in [9.17, 15) is 4.79 Å². The first kappa shape index (κ1) is 10.4. The number of nitrogens with zero attached hydrogens (tertiary/aromatic N) is 1. The van der Waals surface area contributed by atoms with Crippen molar-refractivity contribution in [1.82, 2.24) is 5.01 Å². The van der Waals surface area contributed by atoms with Crippen LogP contribution in [0.1, 0.15) is 10.4 Å². The van der Waals surface area contributed by atoms with Gasteiger partial charge in [-0.1, -0.05) is 6.07 Å². The zero-order valence-corrected chi connectivity index (χ0v) is 7.99. The van der Waals surface area contributed by atoms with E-state index in [0.29, 0.717) is 5.01 Å². The van der Waals surface area contributed by atoms with Gasteiger partial charge in [-0.3, -0.25) is 4.79 Å². The summed E-state index contributed by atoms with van der Waals surface area (Å²) >= 11 is 4.52. The summed E-state index contributed by atoms with van der Waals surface area (Å²) in [4.78, 5) is 11.5. The molecule has 1 aromatic rings. The lowest BCUT2D eigenvalue weighted by Gasteiger charge is -2.13. The minimum atomic E-state index is -0.562. The van der Waals surface area contributed by atoms with Crippen molar-refractivity contribution >= 4 is 23.2 Å². The molecule has 5 nitrogen and oxygen atoms in total. The molecule has 0 saturated carbocycles. The summed E-state index contributed by atoms with van der Waals surface area (Å²) in [5, 5.41) is 9.53. The predicted octanol–water partition coefficient (Wildman–Crippen LogP) is -0.0483. The number of carbonyl (C=O) groups is 1. The van der Waals surface area contributed by atoms with Gasteiger partial charge in [-0.25, -0.2) is 10.9 Å². The third-order valence-electron chi connectivity index (χ3n) is 1.55. The minimum absolute atomic E-state index is 0.0211. The number of hydrogen-bond acceptors (Lipinski definition) is 4. The number of phenolic OH excluding ortho intramolecular Hbond substituents is 1. The monoisotopic (exact) mass is 211 g/mol. The fraction of sp³-hybridized carbons (Fsp3) is 0. The Hall–Kier alpha value is -1.66. The van der Waals surface area contributed by atoms with E-state index in [1.807, 2.05) is 0 Å². The number of aromatic hydroxyl groups is 1. The van der Waals surface area contributed by atoms with Gasteiger partial charge in [0.25, 0.3) is 5.91 Å². The van der Waals surface area contributed by atoms with E-state index in [0.717, 1.165) is 0 Å². The third kappa shape index (κ3) is 2.18. The molecule has 0 heterocycles. The Morgan fingerprint density at radius 1 is 1.50 bits per heavy atom. The number of nitrogens with two attached hydrogens (primary N) is 2. The van der Waals surface area contributed by atoms with Crippen molar-refractivity contribution in [2.75, 3.05) is 0 Å². The van der Waals surface area contributed by atoms with Gasteiger partial charge in [0, 0.05) is 5.56 Å². The quantitative estimate of drug-likeness (QED) is 0.262. The molecule has 0 unspecified atom stereocenters. The highest BCUT2D eigenvalue weighted by atomic mass is 32.1. The van der Waals surface area contributed by atoms with Crippen LogP contribution in [0.3, 0.4) is 0 Å². The number of benzene rings is 1. The van der Waals surface area contributed by atoms with Gasteiger partial charge < -0.3 is 10.8 Å². The first-order chi connectivity index (χ1) is 6.52. The maximum absolute atomic E-state index is 11.5. The van der Waals surface area contributed by atoms with Crippen molar-refractivity contribution in [3.8, 4) is 5.75 Å². The molecular weight excluding hydrogens is 202 g/mol. The summed E-state index contributed by atoms with van der Waals surface area (Å²) in [5.74, 6) is 4.70. The second-order valence-electron chi connectivity index (χ2n) is 2.56. The van der Waals surface area contributed by atoms with E-state index in [1.165, 1.54) is 24.3 Å². The molecule has 0 atom stereocenters. The highest BCUT2D eigenvalue weighted by Crippen LogP contribution is 2.11. The van der Waals surface area contributed by atoms with Crippen LogP contribution in [0.4, 0.5) is 0 Å². The van der Waals surface area contributed by atoms with Crippen LogP contribution in [0.25, 0.3) is 0 Å². The Labute approximate surface area is 85.9 Å². The average Bonchev–Trinajstić information content (AvgIpc) is 2.15. The van der Waals surface area contributed by atoms with Gasteiger partial charge in [0.1, 0.15) is 5.75 Å². The molecule has 0 aliphatic rings. The highest BCUT2D eigenvalue weighted by Gasteiger charge is 2.14. The lowest BCUT2D eigenvalue weighted by atomic mass is 10.2. The van der Waals surface area contributed by atoms with E-state index in [2.05, 4.69) is 12.2 Å². The number of hydrogen-bond donors (Lipinski definition) is 3. The van der Waals surface area contributed by atoms with Crippen molar-refractivity contribution in [2.24, 2.45) is 11.6 Å². The summed E-state index contributed by atoms with van der Waals surface area (Å²) in [6, 6.07) is 5.75. The Kier molecular flexibility index (Phi) is 3.00. The first-order valence-corrected chi connectivity index (χ1v) is 4.11. The van der Waals surface area contributed by atoms with Crippen LogP contribution >= 0.6 is 12.2 Å². The fourth-order valence-corrected chi connectivity index (χ4v) is 0.961. The zero-order valence-electron chi connectivity index (χ0n) is 7.18. The molecular formula is C8H9N3O2S. The van der Waals surface area contributed by atoms with Gasteiger partial charge in [0.05, 0.1) is 0 Å². The number of thiocarbonyl (C=S) groups is 1. The molecule has 0 aromatic heterocycles. The van der Waals surface area contributed by atoms with Crippen molar-refractivity contribution in [2.45, 2.75) is 0 Å². The van der Waals surface area contributed by atoms with Crippen LogP contribution in [0.15, 0.2) is 24.3 Å². The molecule has 74 valence electrons. The highest BCUT2D eigenvalue weighted by molar-refractivity contribution is 7.80. The molecule has 0 fully saturated rings. The summed E-state index contributed by atoms with van der Waals surface area (Å²) in [7, 11) is 0. The fourth-order valence-electron chi connectivity index (χ4n) is 0.878. The molecule has 5 N–H and O–H groups in total. The SMILES string of the molecule is NC(=S)N(N)C(=O)c1cccc(O)c1. The molecule has 14 heavy (non-hydrogen) atoms. The van der Waals surface area contributed by atoms with E-state index < -0.39 is 5.91 Å². The van der Waals surface area contributed by atoms with Crippen molar-refractivity contribution in [1.29, 1.82) is 0 Å². The average molecular weight is 211 g/mol. The summed E-state index contributed by atoms with van der Waals surface area (Å²) in [5.41, 5.74) is 5.38. The normalized spacial score (nSPS) is 9.50. The van der Waals surface area contributed by atoms with Crippen LogP contribution < -0.4 is 11.6 Å². The van der Waals surface area contributed by atoms with Crippen molar-refractivity contribution < 1.29 is 9.90 Å². The summed E-state index contributed by atoms with van der Waals surface area (Å²) < 4.78 is 0. The van der Waals surface area contributed by atoms with Gasteiger partial charge in [-0.2, -0.15) is 0 Å². The van der Waals surface area contributed by atoms with Gasteiger partial charge in [-0.15, -0.1) is 0 Å². The van der Waals surface area contributed by atoms with Crippen molar-refractivity contribution in [3.63, 3.8) is 0 Å². The number of rotatable bonds is 1. The molecule has 1 rings (SSSR count). The number of carbonyl (C=O) groups excluding carboxylic acids is 1. The maximum atomic E-state index is 11.5. The Bertz CT molecular complexity index is 381. The second kappa shape index (κ2) is 4.03. The standard InChI is InChI=1S/C8H9N3O2S/c9-8(14)11(10)7(13)5-2-1-3-6(12)4-5/h1-4,12H,10H2,(H2,9,14). The lowest BCUT2D eigenvalue weighted by molar-refractivity contribution is 0.0848. The minimum Gasteiger partial charge on any atom is -0.508 e. The first-order valence-electron chi connectivity index (χ1n) is 3.70. The molecule has 0 radical (unpaired) electrons. The number of hydrazine groups is 1. The van der Waals surface area contributed by atoms with Crippen LogP contribution in [0, 0.1) is 0 Å². The molecule has 0 saturated heterocycles. The molecule has 0 aliphatic heterocycles. The van der Waals surface area contributed by atoms with Crippen molar-refractivity contribution in [3.05, 3.63) is 29.8 Å². The Morgan fingerprint density at radius 3 is 2.64 bits per heavy atom. The van der Waals surface area contributed by atoms with Crippen LogP contribution in [0.5, 0.6) is 5.75 Å². The van der Waals surface area contributed by atoms with E-state index in [1.54, 1.807) is 0 Å². The van der Waals surface area contributed by atoms with Gasteiger partial charge >= 0.3 is 0 Å². The maximum Gasteiger partial charge on any atom is 0.274 e. The summed E-state index contributed by atoms with van der Waals surface area (Å²) in [6.07, 6.45) is 0. The van der Waals surface area contributed by atoms with Crippen LogP contribution in [-0.2, 0) is 0 Å². The topological polar surface area (TPSA) is 92.6 Å². The van der Waals surface area contributed by atoms with Crippen LogP contribution in [-0.4, -0.2) is 21.1 Å². The third-order valence-corrected chi connectivity index (χ3v) is 1.75. The largest absolute Gasteiger partial charge is 0.508 e. The lowest BCUT2D eigenvalue weighted by Crippen LogP contribution is -2.45. The Balaban J connectivity index is 2.95. The molecule has 1 amide bonds. The van der Waals surface area contributed by atoms with Gasteiger partial charge in [0.2, 0.25) is 0 Å². The number of amides is 1. The molecule has 0 bridgehead atoms. The predicted molar refractivity (Wildman–Crippen MR) is 55.2 cm³/mol. The summed E-state index contributed by atoms with van der Waals surface area (Å²) in [6.45, 7) is 0. The number of phenols is 1. The smallest absolute Gasteiger partial charge is 0.274 e. The van der Waals surface area contributed by atoms with Crippen LogP contribution in [0.2, 0.25) is 0 Å². The van der Waals surface area contributed by atoms with Gasteiger partial charge in [0.15, 0.2) is 5.11 Å². The van der Waals surface area contributed by atoms with E-state index >= 15 is 0 Å². The van der Waals surface area contributed by atoms with E-state index in [-0.39, 0.29) is 16.4 Å². The Morgan fingerprint density at radius 2 is 2.14 bits per heavy atom.